The van der Waals surface area contributed by atoms with E-state index in [0.29, 0.717) is 56.1 Å². The van der Waals surface area contributed by atoms with Crippen molar-refractivity contribution in [3.63, 3.8) is 0 Å². The molecule has 31 heavy (non-hydrogen) atoms. The number of halogens is 6. The van der Waals surface area contributed by atoms with E-state index in [1.54, 1.807) is 6.07 Å². The van der Waals surface area contributed by atoms with Crippen LogP contribution in [0.5, 0.6) is 0 Å². The van der Waals surface area contributed by atoms with E-state index < -0.39 is 29.5 Å². The number of hydrogen-bond acceptors (Lipinski definition) is 3. The molecule has 2 aromatic rings. The Morgan fingerprint density at radius 3 is 2.39 bits per heavy atom. The lowest BCUT2D eigenvalue weighted by Crippen LogP contribution is -2.36. The summed E-state index contributed by atoms with van der Waals surface area (Å²) in [4.78, 5) is 16.0. The lowest BCUT2D eigenvalue weighted by Gasteiger charge is -2.25. The maximum Gasteiger partial charge on any atom is 0.419 e. The third-order valence-corrected chi connectivity index (χ3v) is 6.05. The molecule has 0 radical (unpaired) electrons. The first-order chi connectivity index (χ1) is 14.5. The molecule has 168 valence electrons. The molecule has 5 nitrogen and oxygen atoms in total. The molecule has 1 atom stereocenters. The average Bonchev–Trinajstić information content (AvgIpc) is 3.41. The maximum atomic E-state index is 13.3. The zero-order valence-electron chi connectivity index (χ0n) is 16.4. The largest absolute Gasteiger partial charge is 0.419 e. The van der Waals surface area contributed by atoms with Crippen LogP contribution in [0.2, 0.25) is 0 Å². The van der Waals surface area contributed by atoms with Crippen LogP contribution >= 0.6 is 0 Å². The van der Waals surface area contributed by atoms with Crippen LogP contribution in [0.4, 0.5) is 31.1 Å². The summed E-state index contributed by atoms with van der Waals surface area (Å²) in [5, 5.41) is 3.53. The smallest absolute Gasteiger partial charge is 0.322 e. The molecule has 1 amide bonds. The van der Waals surface area contributed by atoms with Gasteiger partial charge >= 0.3 is 18.4 Å². The molecule has 11 heteroatoms. The van der Waals surface area contributed by atoms with Crippen LogP contribution in [0.3, 0.4) is 0 Å². The van der Waals surface area contributed by atoms with E-state index in [1.165, 1.54) is 17.0 Å². The van der Waals surface area contributed by atoms with Gasteiger partial charge in [0.05, 0.1) is 17.3 Å². The molecule has 4 rings (SSSR count). The van der Waals surface area contributed by atoms with Crippen LogP contribution in [0, 0.1) is 5.41 Å². The standard InChI is InChI=1S/C20H20F6N4O/c21-19(22,23)15-9-27-30(11-15)17(31)29-8-6-18(13-29)5-7-28(12-18)10-14-3-1-2-4-16(14)20(24,25)26/h1-4,9,11H,5-8,10,12-13H2. The fourth-order valence-corrected chi connectivity index (χ4v) is 4.49. The normalized spacial score (nSPS) is 22.6. The summed E-state index contributed by atoms with van der Waals surface area (Å²) < 4.78 is 78.7. The van der Waals surface area contributed by atoms with Gasteiger partial charge in [-0.05, 0) is 31.0 Å². The highest BCUT2D eigenvalue weighted by molar-refractivity contribution is 5.76. The number of nitrogens with zero attached hydrogens (tertiary/aromatic N) is 4. The van der Waals surface area contributed by atoms with Gasteiger partial charge < -0.3 is 4.90 Å². The molecule has 0 aliphatic carbocycles. The minimum atomic E-state index is -4.58. The number of amides is 1. The van der Waals surface area contributed by atoms with E-state index >= 15 is 0 Å². The Bertz CT molecular complexity index is 969. The number of hydrogen-bond donors (Lipinski definition) is 0. The highest BCUT2D eigenvalue weighted by Crippen LogP contribution is 2.41. The van der Waals surface area contributed by atoms with Crippen molar-refractivity contribution in [2.45, 2.75) is 31.7 Å². The van der Waals surface area contributed by atoms with Crippen molar-refractivity contribution in [3.8, 4) is 0 Å². The summed E-state index contributed by atoms with van der Waals surface area (Å²) in [5.74, 6) is 0. The fourth-order valence-electron chi connectivity index (χ4n) is 4.49. The molecule has 0 saturated carbocycles. The number of carbonyl (C=O) groups excluding carboxylic acids is 1. The Kier molecular flexibility index (Phi) is 5.27. The highest BCUT2D eigenvalue weighted by Gasteiger charge is 2.45. The second kappa shape index (κ2) is 7.54. The van der Waals surface area contributed by atoms with E-state index in [-0.39, 0.29) is 17.5 Å². The minimum absolute atomic E-state index is 0.152. The van der Waals surface area contributed by atoms with Gasteiger partial charge in [0.15, 0.2) is 0 Å². The molecule has 2 aliphatic heterocycles. The molecule has 3 heterocycles. The number of alkyl halides is 6. The monoisotopic (exact) mass is 446 g/mol. The van der Waals surface area contributed by atoms with Crippen LogP contribution in [-0.4, -0.2) is 51.8 Å². The van der Waals surface area contributed by atoms with Gasteiger partial charge in [0.25, 0.3) is 0 Å². The Morgan fingerprint density at radius 1 is 1.00 bits per heavy atom. The lowest BCUT2D eigenvalue weighted by molar-refractivity contribution is -0.139. The third kappa shape index (κ3) is 4.41. The van der Waals surface area contributed by atoms with Crippen molar-refractivity contribution in [1.29, 1.82) is 0 Å². The second-order valence-electron chi connectivity index (χ2n) is 8.24. The van der Waals surface area contributed by atoms with Gasteiger partial charge in [0.2, 0.25) is 0 Å². The first-order valence-corrected chi connectivity index (χ1v) is 9.76. The van der Waals surface area contributed by atoms with E-state index in [2.05, 4.69) is 5.10 Å². The first-order valence-electron chi connectivity index (χ1n) is 9.76. The molecule has 2 aliphatic rings. The SMILES string of the molecule is O=C(N1CCC2(CCN(Cc3ccccc3C(F)(F)F)C2)C1)n1cc(C(F)(F)F)cn1. The van der Waals surface area contributed by atoms with Gasteiger partial charge in [-0.2, -0.15) is 36.1 Å². The Balaban J connectivity index is 1.41. The number of likely N-dealkylation sites (tertiary alicyclic amines) is 2. The third-order valence-electron chi connectivity index (χ3n) is 6.05. The number of aromatic nitrogens is 2. The van der Waals surface area contributed by atoms with Crippen molar-refractivity contribution in [3.05, 3.63) is 53.3 Å². The molecule has 1 unspecified atom stereocenters. The fraction of sp³-hybridized carbons (Fsp3) is 0.500. The Hall–Kier alpha value is -2.56. The molecule has 1 spiro atoms. The van der Waals surface area contributed by atoms with Crippen molar-refractivity contribution < 1.29 is 31.1 Å². The number of benzene rings is 1. The van der Waals surface area contributed by atoms with Crippen LogP contribution < -0.4 is 0 Å². The molecule has 1 aromatic heterocycles. The van der Waals surface area contributed by atoms with Gasteiger partial charge in [-0.1, -0.05) is 18.2 Å². The Labute approximate surface area is 174 Å². The molecule has 2 fully saturated rings. The summed E-state index contributed by atoms with van der Waals surface area (Å²) in [5.41, 5.74) is -1.72. The van der Waals surface area contributed by atoms with Crippen molar-refractivity contribution in [2.24, 2.45) is 5.41 Å². The minimum Gasteiger partial charge on any atom is -0.322 e. The van der Waals surface area contributed by atoms with E-state index in [4.69, 9.17) is 0 Å². The first kappa shape index (κ1) is 21.7. The van der Waals surface area contributed by atoms with E-state index in [0.717, 1.165) is 6.07 Å². The van der Waals surface area contributed by atoms with Gasteiger partial charge in [-0.3, -0.25) is 4.90 Å². The topological polar surface area (TPSA) is 41.4 Å². The zero-order valence-corrected chi connectivity index (χ0v) is 16.4. The second-order valence-corrected chi connectivity index (χ2v) is 8.24. The van der Waals surface area contributed by atoms with Gasteiger partial charge in [-0.15, -0.1) is 0 Å². The summed E-state index contributed by atoms with van der Waals surface area (Å²) >= 11 is 0. The molecule has 0 bridgehead atoms. The predicted molar refractivity (Wildman–Crippen MR) is 98.0 cm³/mol. The molecule has 0 N–H and O–H groups in total. The molecular formula is C20H20F6N4O. The van der Waals surface area contributed by atoms with Crippen LogP contribution in [-0.2, 0) is 18.9 Å². The summed E-state index contributed by atoms with van der Waals surface area (Å²) in [6, 6.07) is 4.84. The van der Waals surface area contributed by atoms with E-state index in [9.17, 15) is 31.1 Å². The summed E-state index contributed by atoms with van der Waals surface area (Å²) in [6.45, 7) is 1.97. The zero-order chi connectivity index (χ0) is 22.4. The van der Waals surface area contributed by atoms with Crippen LogP contribution in [0.15, 0.2) is 36.7 Å². The summed E-state index contributed by atoms with van der Waals surface area (Å²) in [7, 11) is 0. The van der Waals surface area contributed by atoms with Gasteiger partial charge in [0.1, 0.15) is 0 Å². The quantitative estimate of drug-likeness (QED) is 0.639. The van der Waals surface area contributed by atoms with E-state index in [1.807, 2.05) is 4.90 Å². The predicted octanol–water partition coefficient (Wildman–Crippen LogP) is 4.49. The molecular weight excluding hydrogens is 426 g/mol. The number of carbonyl (C=O) groups is 1. The van der Waals surface area contributed by atoms with Crippen molar-refractivity contribution in [1.82, 2.24) is 19.6 Å². The average molecular weight is 446 g/mol. The summed E-state index contributed by atoms with van der Waals surface area (Å²) in [6.07, 6.45) is -6.38. The van der Waals surface area contributed by atoms with Gasteiger partial charge in [0, 0.05) is 37.8 Å². The van der Waals surface area contributed by atoms with Crippen molar-refractivity contribution in [2.75, 3.05) is 26.2 Å². The van der Waals surface area contributed by atoms with Crippen LogP contribution in [0.25, 0.3) is 0 Å². The lowest BCUT2D eigenvalue weighted by atomic mass is 9.86. The Morgan fingerprint density at radius 2 is 1.71 bits per heavy atom. The molecule has 1 aromatic carbocycles. The number of rotatable bonds is 2. The van der Waals surface area contributed by atoms with Crippen molar-refractivity contribution >= 4 is 6.03 Å². The highest BCUT2D eigenvalue weighted by atomic mass is 19.4. The van der Waals surface area contributed by atoms with Gasteiger partial charge in [-0.25, -0.2) is 4.79 Å². The van der Waals surface area contributed by atoms with Crippen LogP contribution in [0.1, 0.15) is 29.5 Å². The maximum absolute atomic E-state index is 13.3. The molecule has 2 saturated heterocycles.